The van der Waals surface area contributed by atoms with Crippen molar-refractivity contribution in [2.75, 3.05) is 19.8 Å². The summed E-state index contributed by atoms with van der Waals surface area (Å²) in [6, 6.07) is 11.5. The molecule has 1 fully saturated rings. The molecule has 40 heavy (non-hydrogen) atoms. The third-order valence-electron chi connectivity index (χ3n) is 8.03. The molecule has 1 aliphatic carbocycles. The van der Waals surface area contributed by atoms with Gasteiger partial charge in [0.25, 0.3) is 5.91 Å². The molecule has 206 valence electrons. The quantitative estimate of drug-likeness (QED) is 0.295. The number of nitrogens with zero attached hydrogens (tertiary/aromatic N) is 5. The highest BCUT2D eigenvalue weighted by Gasteiger charge is 2.29. The van der Waals surface area contributed by atoms with Gasteiger partial charge in [0.2, 0.25) is 0 Å². The van der Waals surface area contributed by atoms with Crippen molar-refractivity contribution >= 4 is 27.8 Å². The third kappa shape index (κ3) is 4.32. The highest BCUT2D eigenvalue weighted by atomic mass is 19.1. The van der Waals surface area contributed by atoms with Crippen LogP contribution in [0.1, 0.15) is 34.5 Å². The molecule has 0 unspecified atom stereocenters. The van der Waals surface area contributed by atoms with Crippen molar-refractivity contribution in [1.29, 1.82) is 0 Å². The van der Waals surface area contributed by atoms with E-state index in [-0.39, 0.29) is 12.5 Å². The van der Waals surface area contributed by atoms with Crippen LogP contribution in [-0.4, -0.2) is 55.7 Å². The van der Waals surface area contributed by atoms with Crippen molar-refractivity contribution in [1.82, 2.24) is 24.0 Å². The van der Waals surface area contributed by atoms with E-state index in [4.69, 9.17) is 19.9 Å². The lowest BCUT2D eigenvalue weighted by molar-refractivity contribution is 0.0725. The van der Waals surface area contributed by atoms with E-state index in [1.807, 2.05) is 25.2 Å². The molecule has 7 rings (SSSR count). The first-order valence-corrected chi connectivity index (χ1v) is 13.7. The summed E-state index contributed by atoms with van der Waals surface area (Å²) in [7, 11) is 2.02. The van der Waals surface area contributed by atoms with E-state index in [0.717, 1.165) is 51.3 Å². The van der Waals surface area contributed by atoms with E-state index in [1.165, 1.54) is 19.2 Å². The number of hydrogen-bond acceptors (Lipinski definition) is 6. The van der Waals surface area contributed by atoms with Crippen LogP contribution in [-0.2, 0) is 26.6 Å². The number of oxazole rings is 1. The number of carbonyl (C=O) groups excluding carboxylic acids is 1. The van der Waals surface area contributed by atoms with Gasteiger partial charge in [0, 0.05) is 37.6 Å². The van der Waals surface area contributed by atoms with E-state index in [0.29, 0.717) is 36.8 Å². The molecule has 3 aromatic heterocycles. The van der Waals surface area contributed by atoms with Crippen LogP contribution in [0.4, 0.5) is 4.39 Å². The van der Waals surface area contributed by atoms with Crippen LogP contribution < -0.4 is 10.5 Å². The summed E-state index contributed by atoms with van der Waals surface area (Å²) in [6.07, 6.45) is 6.18. The first-order chi connectivity index (χ1) is 19.5. The van der Waals surface area contributed by atoms with Crippen LogP contribution in [0.2, 0.25) is 0 Å². The van der Waals surface area contributed by atoms with Crippen LogP contribution >= 0.6 is 0 Å². The SMILES string of the molecule is Cn1c(-c2cc3cccc(OCc4cnco4)c3n2CC2CC2)nc2cc3c(cc21)CCN(C[C@H](N)CF)C3=O. The molecule has 0 radical (unpaired) electrons. The fourth-order valence-corrected chi connectivity index (χ4v) is 5.75. The number of para-hydroxylation sites is 1. The third-order valence-corrected chi connectivity index (χ3v) is 8.03. The van der Waals surface area contributed by atoms with Crippen LogP contribution in [0, 0.1) is 5.92 Å². The average Bonchev–Trinajstić information content (AvgIpc) is 3.34. The van der Waals surface area contributed by atoms with Gasteiger partial charge in [0.05, 0.1) is 34.5 Å². The molecule has 10 heteroatoms. The van der Waals surface area contributed by atoms with Crippen molar-refractivity contribution in [3.63, 3.8) is 0 Å². The van der Waals surface area contributed by atoms with Gasteiger partial charge in [-0.1, -0.05) is 12.1 Å². The Labute approximate surface area is 230 Å². The van der Waals surface area contributed by atoms with Crippen molar-refractivity contribution in [3.8, 4) is 17.3 Å². The Hall–Kier alpha value is -4.18. The predicted molar refractivity (Wildman–Crippen MR) is 149 cm³/mol. The van der Waals surface area contributed by atoms with E-state index >= 15 is 0 Å². The van der Waals surface area contributed by atoms with Crippen molar-refractivity contribution in [3.05, 3.63) is 65.9 Å². The molecule has 9 nitrogen and oxygen atoms in total. The molecule has 2 aliphatic rings. The van der Waals surface area contributed by atoms with E-state index in [2.05, 4.69) is 32.3 Å². The molecular formula is C30H31FN6O3. The average molecular weight is 543 g/mol. The van der Waals surface area contributed by atoms with Gasteiger partial charge in [0.15, 0.2) is 18.0 Å². The lowest BCUT2D eigenvalue weighted by atomic mass is 9.97. The number of benzene rings is 2. The molecule has 0 bridgehead atoms. The van der Waals surface area contributed by atoms with Crippen molar-refractivity contribution < 1.29 is 18.3 Å². The molecule has 1 atom stereocenters. The lowest BCUT2D eigenvalue weighted by Gasteiger charge is -2.30. The van der Waals surface area contributed by atoms with Crippen LogP contribution in [0.15, 0.2) is 53.4 Å². The standard InChI is InChI=1S/C30H31FN6O3/c1-35-25-9-19-7-8-36(15-21(32)12-31)30(38)23(19)11-24(25)34-29(35)26-10-20-3-2-4-27(39-16-22-13-33-17-40-22)28(20)37(26)14-18-5-6-18/h2-4,9-11,13,17-18,21H,5-8,12,14-16,32H2,1H3/t21-/m1/s1. The molecule has 2 aromatic carbocycles. The zero-order chi connectivity index (χ0) is 27.4. The number of aryl methyl sites for hydroxylation is 1. The van der Waals surface area contributed by atoms with Crippen molar-refractivity contribution in [2.45, 2.75) is 38.5 Å². The summed E-state index contributed by atoms with van der Waals surface area (Å²) in [4.78, 5) is 23.9. The fraction of sp³-hybridized carbons (Fsp3) is 0.367. The molecular weight excluding hydrogens is 511 g/mol. The first kappa shape index (κ1) is 24.8. The van der Waals surface area contributed by atoms with Gasteiger partial charge >= 0.3 is 0 Å². The fourth-order valence-electron chi connectivity index (χ4n) is 5.75. The van der Waals surface area contributed by atoms with Gasteiger partial charge in [0.1, 0.15) is 19.0 Å². The smallest absolute Gasteiger partial charge is 0.254 e. The molecule has 0 saturated heterocycles. The maximum absolute atomic E-state index is 13.2. The zero-order valence-corrected chi connectivity index (χ0v) is 22.3. The number of hydrogen-bond donors (Lipinski definition) is 1. The monoisotopic (exact) mass is 542 g/mol. The molecule has 5 aromatic rings. The number of aromatic nitrogens is 4. The summed E-state index contributed by atoms with van der Waals surface area (Å²) < 4.78 is 29.0. The van der Waals surface area contributed by atoms with Gasteiger partial charge in [-0.15, -0.1) is 0 Å². The molecule has 1 aliphatic heterocycles. The largest absolute Gasteiger partial charge is 0.483 e. The summed E-state index contributed by atoms with van der Waals surface area (Å²) in [5.74, 6) is 2.79. The highest BCUT2D eigenvalue weighted by molar-refractivity contribution is 6.01. The molecule has 4 heterocycles. The second-order valence-corrected chi connectivity index (χ2v) is 10.9. The van der Waals surface area contributed by atoms with Crippen LogP contribution in [0.3, 0.4) is 0 Å². The number of carbonyl (C=O) groups is 1. The number of ether oxygens (including phenoxy) is 1. The number of amides is 1. The zero-order valence-electron chi connectivity index (χ0n) is 22.3. The topological polar surface area (TPSA) is 104 Å². The normalized spacial score (nSPS) is 16.2. The van der Waals surface area contributed by atoms with Gasteiger partial charge in [-0.2, -0.15) is 0 Å². The maximum Gasteiger partial charge on any atom is 0.254 e. The summed E-state index contributed by atoms with van der Waals surface area (Å²) in [6.45, 7) is 1.26. The Balaban J connectivity index is 1.30. The highest BCUT2D eigenvalue weighted by Crippen LogP contribution is 2.39. The second-order valence-electron chi connectivity index (χ2n) is 10.9. The number of rotatable bonds is 9. The number of fused-ring (bicyclic) bond motifs is 3. The van der Waals surface area contributed by atoms with E-state index < -0.39 is 12.7 Å². The van der Waals surface area contributed by atoms with E-state index in [1.54, 1.807) is 11.1 Å². The van der Waals surface area contributed by atoms with Crippen LogP contribution in [0.25, 0.3) is 33.5 Å². The summed E-state index contributed by atoms with van der Waals surface area (Å²) in [5, 5.41) is 1.08. The van der Waals surface area contributed by atoms with Gasteiger partial charge in [-0.3, -0.25) is 4.79 Å². The molecule has 0 spiro atoms. The number of imidazole rings is 1. The number of nitrogens with two attached hydrogens (primary N) is 1. The predicted octanol–water partition coefficient (Wildman–Crippen LogP) is 4.47. The van der Waals surface area contributed by atoms with Gasteiger partial charge in [-0.25, -0.2) is 14.4 Å². The molecule has 2 N–H and O–H groups in total. The second kappa shape index (κ2) is 9.78. The maximum atomic E-state index is 13.2. The Morgan fingerprint density at radius 2 is 2.12 bits per heavy atom. The first-order valence-electron chi connectivity index (χ1n) is 13.7. The Morgan fingerprint density at radius 3 is 2.90 bits per heavy atom. The number of halogens is 1. The van der Waals surface area contributed by atoms with Crippen LogP contribution in [0.5, 0.6) is 5.75 Å². The summed E-state index contributed by atoms with van der Waals surface area (Å²) >= 11 is 0. The minimum atomic E-state index is -0.673. The van der Waals surface area contributed by atoms with E-state index in [9.17, 15) is 9.18 Å². The Bertz CT molecular complexity index is 1720. The van der Waals surface area contributed by atoms with Crippen molar-refractivity contribution in [2.24, 2.45) is 18.7 Å². The minimum Gasteiger partial charge on any atom is -0.483 e. The Kier molecular flexibility index (Phi) is 6.07. The number of alkyl halides is 1. The molecule has 1 saturated carbocycles. The van der Waals surface area contributed by atoms with Gasteiger partial charge < -0.3 is 28.9 Å². The lowest BCUT2D eigenvalue weighted by Crippen LogP contribution is -2.45. The minimum absolute atomic E-state index is 0.115. The Morgan fingerprint density at radius 1 is 1.25 bits per heavy atom. The molecule has 1 amide bonds. The summed E-state index contributed by atoms with van der Waals surface area (Å²) in [5.41, 5.74) is 11.2. The van der Waals surface area contributed by atoms with Gasteiger partial charge in [-0.05, 0) is 55.0 Å².